The van der Waals surface area contributed by atoms with Crippen LogP contribution in [0.4, 0.5) is 34.1 Å². The average molecular weight is 1110 g/mol. The second-order valence-electron chi connectivity index (χ2n) is 24.5. The summed E-state index contributed by atoms with van der Waals surface area (Å²) in [6.45, 7) is 13.8. The number of hydrogen-bond acceptors (Lipinski definition) is 8. The van der Waals surface area contributed by atoms with E-state index in [0.717, 1.165) is 112 Å². The van der Waals surface area contributed by atoms with E-state index < -0.39 is 0 Å². The summed E-state index contributed by atoms with van der Waals surface area (Å²) in [5.74, 6) is 3.17. The number of fused-ring (bicyclic) bond motifs is 12. The number of nitrogens with zero attached hydrogens (tertiary/aromatic N) is 2. The Bertz CT molecular complexity index is 4550. The van der Waals surface area contributed by atoms with E-state index >= 15 is 0 Å². The lowest BCUT2D eigenvalue weighted by Gasteiger charge is -2.42. The molecule has 398 valence electrons. The molecule has 0 saturated carbocycles. The number of rotatable bonds is 6. The Morgan fingerprint density at radius 2 is 0.687 bits per heavy atom. The summed E-state index contributed by atoms with van der Waals surface area (Å²) < 4.78 is 32.2. The first-order valence-corrected chi connectivity index (χ1v) is 30.1. The molecule has 8 heterocycles. The summed E-state index contributed by atoms with van der Waals surface area (Å²) in [4.78, 5) is 5.13. The van der Waals surface area contributed by atoms with E-state index in [2.05, 4.69) is 215 Å². The highest BCUT2D eigenvalue weighted by molar-refractivity contribution is 7.40. The molecule has 0 spiro atoms. The van der Waals surface area contributed by atoms with E-state index in [1.54, 1.807) is 0 Å². The number of anilines is 6. The molecule has 0 amide bonds. The van der Waals surface area contributed by atoms with Gasteiger partial charge in [-0.2, -0.15) is 0 Å². The Hall–Kier alpha value is -9.28. The van der Waals surface area contributed by atoms with Gasteiger partial charge in [0.2, 0.25) is 0 Å². The molecule has 9 heteroatoms. The molecule has 0 atom stereocenters. The third-order valence-corrected chi connectivity index (χ3v) is 19.6. The van der Waals surface area contributed by atoms with Crippen LogP contribution in [0.25, 0.3) is 109 Å². The molecule has 17 rings (SSSR count). The van der Waals surface area contributed by atoms with Gasteiger partial charge >= 0.3 is 0 Å². The fourth-order valence-electron chi connectivity index (χ4n) is 12.9. The fraction of sp³-hybridized carbons (Fsp3) is 0.108. The van der Waals surface area contributed by atoms with Crippen molar-refractivity contribution >= 4 is 143 Å². The third-order valence-electron chi connectivity index (χ3n) is 17.1. The molecule has 6 aromatic heterocycles. The molecular formula is C74H53BN2O4S2. The molecule has 2 aliphatic rings. The Kier molecular flexibility index (Phi) is 10.3. The second-order valence-corrected chi connectivity index (χ2v) is 26.7. The molecule has 0 fully saturated rings. The Balaban J connectivity index is 0.971. The Morgan fingerprint density at radius 1 is 0.349 bits per heavy atom. The van der Waals surface area contributed by atoms with Gasteiger partial charge in [-0.1, -0.05) is 133 Å². The zero-order valence-electron chi connectivity index (χ0n) is 46.6. The lowest BCUT2D eigenvalue weighted by Crippen LogP contribution is -2.59. The summed E-state index contributed by atoms with van der Waals surface area (Å²) in [6.07, 6.45) is 0. The van der Waals surface area contributed by atoms with Crippen molar-refractivity contribution in [2.75, 3.05) is 9.80 Å². The van der Waals surface area contributed by atoms with Crippen molar-refractivity contribution in [2.45, 2.75) is 52.4 Å². The predicted molar refractivity (Wildman–Crippen MR) is 349 cm³/mol. The molecule has 0 bridgehead atoms. The average Bonchev–Trinajstić information content (AvgIpc) is 3.70. The van der Waals surface area contributed by atoms with Gasteiger partial charge in [-0.25, -0.2) is 0 Å². The topological polar surface area (TPSA) is 59.0 Å². The van der Waals surface area contributed by atoms with Crippen molar-refractivity contribution in [3.05, 3.63) is 223 Å². The highest BCUT2D eigenvalue weighted by Gasteiger charge is 2.47. The van der Waals surface area contributed by atoms with E-state index in [-0.39, 0.29) is 17.5 Å². The van der Waals surface area contributed by atoms with Gasteiger partial charge in [-0.15, -0.1) is 22.7 Å². The van der Waals surface area contributed by atoms with Gasteiger partial charge in [0, 0.05) is 96.3 Å². The molecule has 2 aliphatic heterocycles. The highest BCUT2D eigenvalue weighted by atomic mass is 32.1. The maximum atomic E-state index is 6.77. The van der Waals surface area contributed by atoms with E-state index in [1.807, 2.05) is 71.2 Å². The number of furan rings is 4. The maximum Gasteiger partial charge on any atom is 0.277 e. The molecule has 15 aromatic rings. The van der Waals surface area contributed by atoms with Crippen LogP contribution in [0.5, 0.6) is 0 Å². The van der Waals surface area contributed by atoms with Crippen LogP contribution in [0.1, 0.15) is 52.7 Å². The van der Waals surface area contributed by atoms with Crippen molar-refractivity contribution < 1.29 is 17.7 Å². The van der Waals surface area contributed by atoms with Gasteiger partial charge in [0.05, 0.1) is 11.4 Å². The van der Waals surface area contributed by atoms with Crippen molar-refractivity contribution in [1.29, 1.82) is 0 Å². The molecule has 0 radical (unpaired) electrons. The lowest BCUT2D eigenvalue weighted by atomic mass is 9.39. The van der Waals surface area contributed by atoms with E-state index in [9.17, 15) is 0 Å². The smallest absolute Gasteiger partial charge is 0.277 e. The van der Waals surface area contributed by atoms with Crippen LogP contribution in [0.15, 0.2) is 230 Å². The molecule has 0 aliphatic carbocycles. The van der Waals surface area contributed by atoms with Crippen LogP contribution in [0.3, 0.4) is 0 Å². The van der Waals surface area contributed by atoms with Gasteiger partial charge in [0.15, 0.2) is 0 Å². The first-order chi connectivity index (χ1) is 40.3. The van der Waals surface area contributed by atoms with Crippen LogP contribution >= 0.6 is 22.7 Å². The van der Waals surface area contributed by atoms with Crippen LogP contribution in [-0.4, -0.2) is 6.71 Å². The van der Waals surface area contributed by atoms with E-state index in [4.69, 9.17) is 17.7 Å². The molecule has 0 saturated heterocycles. The highest BCUT2D eigenvalue weighted by Crippen LogP contribution is 2.53. The van der Waals surface area contributed by atoms with Crippen LogP contribution < -0.4 is 24.8 Å². The molecule has 0 unspecified atom stereocenters. The summed E-state index contributed by atoms with van der Waals surface area (Å²) in [5, 5.41) is 6.69. The van der Waals surface area contributed by atoms with Crippen LogP contribution in [0, 0.1) is 0 Å². The SMILES string of the molecule is CC(C)(C)c1ccc2sc3c(c2c1)N(c1cc(-c2cc4ccccc4o2)cc(-c2cc4ccccc4o2)c1)c1cccc2c1B3c1sc3ccc(C(C)(C)C)cc3c1N2c1cc(-c2cc3ccccc3o2)cc(-c2cc3ccccc3o2)c1. The zero-order valence-corrected chi connectivity index (χ0v) is 48.3. The minimum atomic E-state index is -0.0912. The molecular weight excluding hydrogens is 1060 g/mol. The summed E-state index contributed by atoms with van der Waals surface area (Å²) in [7, 11) is 0. The van der Waals surface area contributed by atoms with Crippen molar-refractivity contribution in [3.8, 4) is 45.3 Å². The Labute approximate surface area is 488 Å². The lowest BCUT2D eigenvalue weighted by molar-refractivity contribution is 0.591. The monoisotopic (exact) mass is 1110 g/mol. The maximum absolute atomic E-state index is 6.77. The van der Waals surface area contributed by atoms with Gasteiger partial charge in [-0.05, 0) is 149 Å². The number of hydrogen-bond donors (Lipinski definition) is 0. The summed E-state index contributed by atoms with van der Waals surface area (Å²) in [6, 6.07) is 76.8. The minimum Gasteiger partial charge on any atom is -0.456 e. The molecule has 83 heavy (non-hydrogen) atoms. The molecule has 6 nitrogen and oxygen atoms in total. The Morgan fingerprint density at radius 3 is 1.01 bits per heavy atom. The molecule has 9 aromatic carbocycles. The summed E-state index contributed by atoms with van der Waals surface area (Å²) in [5.41, 5.74) is 17.5. The van der Waals surface area contributed by atoms with Crippen molar-refractivity contribution in [1.82, 2.24) is 0 Å². The fourth-order valence-corrected chi connectivity index (χ4v) is 15.6. The van der Waals surface area contributed by atoms with Crippen LogP contribution in [0.2, 0.25) is 0 Å². The number of benzene rings is 9. The first kappa shape index (κ1) is 48.4. The second kappa shape index (κ2) is 17.6. The van der Waals surface area contributed by atoms with Crippen molar-refractivity contribution in [2.24, 2.45) is 0 Å². The van der Waals surface area contributed by atoms with Gasteiger partial charge < -0.3 is 27.5 Å². The number of para-hydroxylation sites is 4. The molecule has 0 N–H and O–H groups in total. The van der Waals surface area contributed by atoms with Gasteiger partial charge in [0.25, 0.3) is 6.71 Å². The summed E-state index contributed by atoms with van der Waals surface area (Å²) >= 11 is 3.86. The van der Waals surface area contributed by atoms with E-state index in [1.165, 1.54) is 57.7 Å². The minimum absolute atomic E-state index is 0.0872. The van der Waals surface area contributed by atoms with Crippen LogP contribution in [-0.2, 0) is 10.8 Å². The normalized spacial score (nSPS) is 13.3. The number of thiophene rings is 2. The van der Waals surface area contributed by atoms with Gasteiger partial charge in [0.1, 0.15) is 45.4 Å². The first-order valence-electron chi connectivity index (χ1n) is 28.5. The quantitative estimate of drug-likeness (QED) is 0.155. The van der Waals surface area contributed by atoms with Gasteiger partial charge in [-0.3, -0.25) is 0 Å². The van der Waals surface area contributed by atoms with Crippen molar-refractivity contribution in [3.63, 3.8) is 0 Å². The van der Waals surface area contributed by atoms with E-state index in [0.29, 0.717) is 0 Å². The third kappa shape index (κ3) is 7.60. The predicted octanol–water partition coefficient (Wildman–Crippen LogP) is 20.4. The standard InChI is InChI=1S/C74H53BN2O4S2/c1-73(2,3)50-26-28-66-54(40-50)69-71(82-66)75-68-56(76(69)52-32-46(62-36-42-16-7-11-22-58(42)78-62)30-47(33-52)63-37-43-17-8-12-23-59(43)79-63)20-15-21-57(68)77(70-55-41-51(74(4,5)6)27-29-67(55)83-72(70)75)53-34-48(64-38-44-18-9-13-24-60(44)80-64)31-49(35-53)65-39-45-19-10-14-25-61(45)81-65/h7-41H,1-6H3. The largest absolute Gasteiger partial charge is 0.456 e. The zero-order chi connectivity index (χ0) is 55.6.